The van der Waals surface area contributed by atoms with Gasteiger partial charge < -0.3 is 10.7 Å². The quantitative estimate of drug-likeness (QED) is 0.355. The maximum atomic E-state index is 10.9. The third kappa shape index (κ3) is 4.89. The first-order chi connectivity index (χ1) is 7.51. The van der Waals surface area contributed by atoms with Gasteiger partial charge in [-0.05, 0) is 6.42 Å². The molecule has 1 rings (SSSR count). The predicted molar refractivity (Wildman–Crippen MR) is 62.7 cm³/mol. The second-order valence-corrected chi connectivity index (χ2v) is 5.60. The molecular weight excluding hydrogens is 230 g/mol. The molecule has 16 heavy (non-hydrogen) atoms. The molecule has 1 aromatic heterocycles. The standard InChI is InChI=1S/C8H15N5O2S/c1-16(14,15)4-2-3-10-7-5-8(13-9)12-6-11-7/h5-6H,2-4,9H2,1H3,(H2,10,11,12,13). The zero-order chi connectivity index (χ0) is 12.0. The van der Waals surface area contributed by atoms with Crippen LogP contribution in [-0.4, -0.2) is 36.9 Å². The minimum Gasteiger partial charge on any atom is -0.370 e. The lowest BCUT2D eigenvalue weighted by atomic mass is 10.4. The first-order valence-electron chi connectivity index (χ1n) is 4.71. The molecule has 1 heterocycles. The van der Waals surface area contributed by atoms with E-state index in [2.05, 4.69) is 20.7 Å². The number of nitrogens with one attached hydrogen (secondary N) is 2. The van der Waals surface area contributed by atoms with Gasteiger partial charge in [-0.1, -0.05) is 0 Å². The molecular formula is C8H15N5O2S. The highest BCUT2D eigenvalue weighted by Crippen LogP contribution is 2.06. The van der Waals surface area contributed by atoms with Crippen molar-refractivity contribution in [2.24, 2.45) is 5.84 Å². The zero-order valence-electron chi connectivity index (χ0n) is 8.97. The van der Waals surface area contributed by atoms with Crippen molar-refractivity contribution in [2.75, 3.05) is 29.3 Å². The fourth-order valence-corrected chi connectivity index (χ4v) is 1.75. The Morgan fingerprint density at radius 1 is 1.38 bits per heavy atom. The van der Waals surface area contributed by atoms with Crippen molar-refractivity contribution in [1.82, 2.24) is 9.97 Å². The van der Waals surface area contributed by atoms with Crippen LogP contribution in [0.2, 0.25) is 0 Å². The van der Waals surface area contributed by atoms with E-state index in [1.54, 1.807) is 6.07 Å². The van der Waals surface area contributed by atoms with Gasteiger partial charge in [0, 0.05) is 18.9 Å². The maximum Gasteiger partial charge on any atom is 0.147 e. The molecule has 0 bridgehead atoms. The van der Waals surface area contributed by atoms with E-state index in [4.69, 9.17) is 5.84 Å². The van der Waals surface area contributed by atoms with Crippen molar-refractivity contribution in [3.63, 3.8) is 0 Å². The monoisotopic (exact) mass is 245 g/mol. The number of anilines is 2. The van der Waals surface area contributed by atoms with Crippen molar-refractivity contribution in [2.45, 2.75) is 6.42 Å². The molecule has 0 aliphatic heterocycles. The summed E-state index contributed by atoms with van der Waals surface area (Å²) in [6.45, 7) is 0.536. The minimum absolute atomic E-state index is 0.160. The average Bonchev–Trinajstić information content (AvgIpc) is 2.23. The Kier molecular flexibility index (Phi) is 4.44. The number of nitrogen functional groups attached to an aromatic ring is 1. The Morgan fingerprint density at radius 3 is 2.69 bits per heavy atom. The number of hydrazine groups is 1. The van der Waals surface area contributed by atoms with E-state index < -0.39 is 9.84 Å². The summed E-state index contributed by atoms with van der Waals surface area (Å²) in [5.74, 6) is 6.45. The van der Waals surface area contributed by atoms with Crippen molar-refractivity contribution >= 4 is 21.5 Å². The highest BCUT2D eigenvalue weighted by atomic mass is 32.2. The van der Waals surface area contributed by atoms with Gasteiger partial charge in [-0.2, -0.15) is 0 Å². The SMILES string of the molecule is CS(=O)(=O)CCCNc1cc(NN)ncn1. The number of sulfone groups is 1. The van der Waals surface area contributed by atoms with Crippen LogP contribution < -0.4 is 16.6 Å². The normalized spacial score (nSPS) is 11.1. The first-order valence-corrected chi connectivity index (χ1v) is 6.77. The Balaban J connectivity index is 2.37. The second kappa shape index (κ2) is 5.61. The molecule has 0 aromatic carbocycles. The van der Waals surface area contributed by atoms with Gasteiger partial charge in [0.1, 0.15) is 27.8 Å². The largest absolute Gasteiger partial charge is 0.370 e. The zero-order valence-corrected chi connectivity index (χ0v) is 9.79. The molecule has 0 amide bonds. The van der Waals surface area contributed by atoms with Crippen LogP contribution in [0.15, 0.2) is 12.4 Å². The average molecular weight is 245 g/mol. The van der Waals surface area contributed by atoms with Gasteiger partial charge in [0.2, 0.25) is 0 Å². The maximum absolute atomic E-state index is 10.9. The number of hydrogen-bond acceptors (Lipinski definition) is 7. The van der Waals surface area contributed by atoms with Gasteiger partial charge in [0.25, 0.3) is 0 Å². The number of hydrogen-bond donors (Lipinski definition) is 3. The molecule has 0 spiro atoms. The van der Waals surface area contributed by atoms with Gasteiger partial charge in [-0.15, -0.1) is 0 Å². The minimum atomic E-state index is -2.90. The van der Waals surface area contributed by atoms with Crippen LogP contribution in [0, 0.1) is 0 Å². The summed E-state index contributed by atoms with van der Waals surface area (Å²) in [6, 6.07) is 1.64. The smallest absolute Gasteiger partial charge is 0.147 e. The molecule has 0 aliphatic carbocycles. The van der Waals surface area contributed by atoms with E-state index in [9.17, 15) is 8.42 Å². The van der Waals surface area contributed by atoms with E-state index in [-0.39, 0.29) is 5.75 Å². The van der Waals surface area contributed by atoms with Gasteiger partial charge in [0.15, 0.2) is 0 Å². The molecule has 0 atom stereocenters. The molecule has 7 nitrogen and oxygen atoms in total. The fraction of sp³-hybridized carbons (Fsp3) is 0.500. The summed E-state index contributed by atoms with van der Waals surface area (Å²) in [5.41, 5.74) is 2.40. The summed E-state index contributed by atoms with van der Waals surface area (Å²) in [6.07, 6.45) is 3.12. The molecule has 90 valence electrons. The van der Waals surface area contributed by atoms with Crippen LogP contribution in [0.4, 0.5) is 11.6 Å². The van der Waals surface area contributed by atoms with E-state index in [1.807, 2.05) is 0 Å². The molecule has 8 heteroatoms. The van der Waals surface area contributed by atoms with Crippen molar-refractivity contribution < 1.29 is 8.42 Å². The summed E-state index contributed by atoms with van der Waals surface area (Å²) in [5, 5.41) is 2.98. The van der Waals surface area contributed by atoms with Crippen molar-refractivity contribution in [3.8, 4) is 0 Å². The molecule has 0 radical (unpaired) electrons. The van der Waals surface area contributed by atoms with Gasteiger partial charge >= 0.3 is 0 Å². The third-order valence-electron chi connectivity index (χ3n) is 1.81. The van der Waals surface area contributed by atoms with Crippen LogP contribution in [-0.2, 0) is 9.84 Å². The lowest BCUT2D eigenvalue weighted by molar-refractivity contribution is 0.600. The Labute approximate surface area is 94.4 Å². The van der Waals surface area contributed by atoms with Crippen LogP contribution in [0.1, 0.15) is 6.42 Å². The summed E-state index contributed by atoms with van der Waals surface area (Å²) < 4.78 is 21.7. The highest BCUT2D eigenvalue weighted by Gasteiger charge is 2.01. The van der Waals surface area contributed by atoms with Gasteiger partial charge in [-0.3, -0.25) is 0 Å². The fourth-order valence-electron chi connectivity index (χ4n) is 1.08. The summed E-state index contributed by atoms with van der Waals surface area (Å²) in [7, 11) is -2.90. The first kappa shape index (κ1) is 12.7. The van der Waals surface area contributed by atoms with Crippen LogP contribution >= 0.6 is 0 Å². The third-order valence-corrected chi connectivity index (χ3v) is 2.84. The number of rotatable bonds is 6. The Hall–Kier alpha value is -1.41. The van der Waals surface area contributed by atoms with E-state index in [0.29, 0.717) is 24.6 Å². The number of nitrogens with zero attached hydrogens (tertiary/aromatic N) is 2. The lowest BCUT2D eigenvalue weighted by Crippen LogP contribution is -2.12. The molecule has 1 aromatic rings. The van der Waals surface area contributed by atoms with Crippen molar-refractivity contribution in [1.29, 1.82) is 0 Å². The molecule has 0 unspecified atom stereocenters. The topological polar surface area (TPSA) is 110 Å². The number of nitrogens with two attached hydrogens (primary N) is 1. The van der Waals surface area contributed by atoms with E-state index in [0.717, 1.165) is 0 Å². The molecule has 0 aliphatic rings. The molecule has 4 N–H and O–H groups in total. The van der Waals surface area contributed by atoms with Crippen LogP contribution in [0.25, 0.3) is 0 Å². The highest BCUT2D eigenvalue weighted by molar-refractivity contribution is 7.90. The molecule has 0 fully saturated rings. The Morgan fingerprint density at radius 2 is 2.06 bits per heavy atom. The lowest BCUT2D eigenvalue weighted by Gasteiger charge is -2.05. The molecule has 0 saturated heterocycles. The van der Waals surface area contributed by atoms with Crippen molar-refractivity contribution in [3.05, 3.63) is 12.4 Å². The number of aromatic nitrogens is 2. The predicted octanol–water partition coefficient (Wildman–Crippen LogP) is -0.391. The van der Waals surface area contributed by atoms with E-state index in [1.165, 1.54) is 12.6 Å². The van der Waals surface area contributed by atoms with Crippen LogP contribution in [0.3, 0.4) is 0 Å². The van der Waals surface area contributed by atoms with Crippen LogP contribution in [0.5, 0.6) is 0 Å². The Bertz CT molecular complexity index is 434. The summed E-state index contributed by atoms with van der Waals surface area (Å²) >= 11 is 0. The van der Waals surface area contributed by atoms with E-state index >= 15 is 0 Å². The van der Waals surface area contributed by atoms with Gasteiger partial charge in [-0.25, -0.2) is 24.2 Å². The van der Waals surface area contributed by atoms with Gasteiger partial charge in [0.05, 0.1) is 5.75 Å². The second-order valence-electron chi connectivity index (χ2n) is 3.34. The molecule has 0 saturated carbocycles. The summed E-state index contributed by atoms with van der Waals surface area (Å²) in [4.78, 5) is 7.80.